The van der Waals surface area contributed by atoms with Crippen molar-refractivity contribution in [3.8, 4) is 0 Å². The van der Waals surface area contributed by atoms with E-state index in [9.17, 15) is 4.39 Å². The van der Waals surface area contributed by atoms with Crippen LogP contribution in [0.4, 0.5) is 10.2 Å². The van der Waals surface area contributed by atoms with E-state index >= 15 is 0 Å². The van der Waals surface area contributed by atoms with E-state index in [-0.39, 0.29) is 18.0 Å². The Balaban J connectivity index is 2.17. The average molecular weight is 281 g/mol. The highest BCUT2D eigenvalue weighted by atomic mass is 19.1. The maximum absolute atomic E-state index is 14.6. The Bertz CT molecular complexity index is 453. The Labute approximate surface area is 120 Å². The molecule has 0 saturated carbocycles. The van der Waals surface area contributed by atoms with Crippen LogP contribution in [0.15, 0.2) is 12.3 Å². The minimum absolute atomic E-state index is 0.110. The summed E-state index contributed by atoms with van der Waals surface area (Å²) in [5.41, 5.74) is 0.655. The van der Waals surface area contributed by atoms with Crippen molar-refractivity contribution in [2.75, 3.05) is 18.6 Å². The van der Waals surface area contributed by atoms with E-state index in [1.807, 2.05) is 32.7 Å². The molecule has 2 rings (SSSR count). The van der Waals surface area contributed by atoms with Crippen molar-refractivity contribution < 1.29 is 9.13 Å². The number of nitrogens with one attached hydrogen (secondary N) is 1. The van der Waals surface area contributed by atoms with Crippen LogP contribution in [0.1, 0.15) is 32.8 Å². The van der Waals surface area contributed by atoms with E-state index in [1.54, 1.807) is 12.3 Å². The quantitative estimate of drug-likeness (QED) is 0.899. The number of nitrogens with zero attached hydrogens (tertiary/aromatic N) is 2. The summed E-state index contributed by atoms with van der Waals surface area (Å²) < 4.78 is 20.1. The van der Waals surface area contributed by atoms with Gasteiger partial charge in [0.05, 0.1) is 12.1 Å². The second-order valence-electron chi connectivity index (χ2n) is 5.69. The molecular formula is C15H24FN3O. The smallest absolute Gasteiger partial charge is 0.170 e. The summed E-state index contributed by atoms with van der Waals surface area (Å²) in [5, 5.41) is 3.24. The first-order valence-electron chi connectivity index (χ1n) is 7.22. The number of aromatic nitrogens is 1. The maximum atomic E-state index is 14.6. The van der Waals surface area contributed by atoms with Gasteiger partial charge in [-0.2, -0.15) is 0 Å². The first kappa shape index (κ1) is 15.2. The molecule has 1 aliphatic heterocycles. The number of halogens is 1. The fraction of sp³-hybridized carbons (Fsp3) is 0.667. The normalized spacial score (nSPS) is 22.5. The average Bonchev–Trinajstić information content (AvgIpc) is 2.83. The third-order valence-electron chi connectivity index (χ3n) is 3.82. The number of hydrogen-bond acceptors (Lipinski definition) is 4. The van der Waals surface area contributed by atoms with Crippen molar-refractivity contribution in [3.05, 3.63) is 23.6 Å². The summed E-state index contributed by atoms with van der Waals surface area (Å²) in [6.07, 6.45) is 2.69. The van der Waals surface area contributed by atoms with Crippen molar-refractivity contribution in [1.29, 1.82) is 0 Å². The third-order valence-corrected chi connectivity index (χ3v) is 3.82. The van der Waals surface area contributed by atoms with Crippen LogP contribution in [-0.2, 0) is 11.3 Å². The molecule has 1 aliphatic rings. The van der Waals surface area contributed by atoms with Crippen molar-refractivity contribution >= 4 is 5.82 Å². The SMILES string of the molecule is CC(C)NCc1ccnc(N(C)C2CCOC2C)c1F. The minimum atomic E-state index is -0.234. The van der Waals surface area contributed by atoms with Crippen LogP contribution in [0.25, 0.3) is 0 Å². The van der Waals surface area contributed by atoms with E-state index in [0.717, 1.165) is 13.0 Å². The molecule has 1 saturated heterocycles. The molecule has 0 aromatic carbocycles. The molecule has 5 heteroatoms. The highest BCUT2D eigenvalue weighted by Gasteiger charge is 2.30. The minimum Gasteiger partial charge on any atom is -0.376 e. The Morgan fingerprint density at radius 3 is 2.90 bits per heavy atom. The molecule has 1 fully saturated rings. The first-order chi connectivity index (χ1) is 9.50. The van der Waals surface area contributed by atoms with Crippen LogP contribution in [-0.4, -0.2) is 36.8 Å². The Hall–Kier alpha value is -1.20. The number of pyridine rings is 1. The van der Waals surface area contributed by atoms with E-state index < -0.39 is 0 Å². The molecule has 0 aliphatic carbocycles. The van der Waals surface area contributed by atoms with Crippen LogP contribution >= 0.6 is 0 Å². The highest BCUT2D eigenvalue weighted by Crippen LogP contribution is 2.26. The molecule has 0 spiro atoms. The molecule has 0 radical (unpaired) electrons. The van der Waals surface area contributed by atoms with Gasteiger partial charge in [-0.05, 0) is 19.4 Å². The number of rotatable bonds is 5. The lowest BCUT2D eigenvalue weighted by molar-refractivity contribution is 0.118. The molecule has 2 unspecified atom stereocenters. The van der Waals surface area contributed by atoms with Gasteiger partial charge in [0, 0.05) is 38.0 Å². The van der Waals surface area contributed by atoms with Gasteiger partial charge in [0.2, 0.25) is 0 Å². The fourth-order valence-electron chi connectivity index (χ4n) is 2.55. The monoisotopic (exact) mass is 281 g/mol. The Kier molecular flexibility index (Phi) is 4.94. The Morgan fingerprint density at radius 1 is 1.55 bits per heavy atom. The number of anilines is 1. The molecule has 112 valence electrons. The summed E-state index contributed by atoms with van der Waals surface area (Å²) in [6.45, 7) is 7.36. The highest BCUT2D eigenvalue weighted by molar-refractivity contribution is 5.44. The number of hydrogen-bond donors (Lipinski definition) is 1. The zero-order valence-electron chi connectivity index (χ0n) is 12.7. The lowest BCUT2D eigenvalue weighted by atomic mass is 10.1. The molecule has 0 amide bonds. The standard InChI is InChI=1S/C15H24FN3O/c1-10(2)18-9-12-5-7-17-15(14(12)16)19(4)13-6-8-20-11(13)3/h5,7,10-11,13,18H,6,8-9H2,1-4H3. The second-order valence-corrected chi connectivity index (χ2v) is 5.69. The molecule has 1 aromatic heterocycles. The summed E-state index contributed by atoms with van der Waals surface area (Å²) in [6, 6.07) is 2.24. The van der Waals surface area contributed by atoms with Crippen molar-refractivity contribution in [2.24, 2.45) is 0 Å². The second kappa shape index (κ2) is 6.50. The molecule has 2 heterocycles. The molecule has 4 nitrogen and oxygen atoms in total. The van der Waals surface area contributed by atoms with Gasteiger partial charge in [0.25, 0.3) is 0 Å². The van der Waals surface area contributed by atoms with E-state index in [1.165, 1.54) is 0 Å². The van der Waals surface area contributed by atoms with Crippen molar-refractivity contribution in [3.63, 3.8) is 0 Å². The van der Waals surface area contributed by atoms with Gasteiger partial charge in [0.15, 0.2) is 11.6 Å². The number of likely N-dealkylation sites (N-methyl/N-ethyl adjacent to an activating group) is 1. The number of ether oxygens (including phenoxy) is 1. The lowest BCUT2D eigenvalue weighted by Crippen LogP contribution is -2.38. The van der Waals surface area contributed by atoms with Crippen molar-refractivity contribution in [1.82, 2.24) is 10.3 Å². The molecule has 1 aromatic rings. The molecule has 2 atom stereocenters. The lowest BCUT2D eigenvalue weighted by Gasteiger charge is -2.28. The predicted octanol–water partition coefficient (Wildman–Crippen LogP) is 2.33. The predicted molar refractivity (Wildman–Crippen MR) is 78.4 cm³/mol. The van der Waals surface area contributed by atoms with Gasteiger partial charge in [-0.15, -0.1) is 0 Å². The molecule has 0 bridgehead atoms. The zero-order chi connectivity index (χ0) is 14.7. The molecular weight excluding hydrogens is 257 g/mol. The van der Waals surface area contributed by atoms with Gasteiger partial charge >= 0.3 is 0 Å². The first-order valence-corrected chi connectivity index (χ1v) is 7.22. The van der Waals surface area contributed by atoms with E-state index in [0.29, 0.717) is 24.0 Å². The largest absolute Gasteiger partial charge is 0.376 e. The summed E-state index contributed by atoms with van der Waals surface area (Å²) in [5.74, 6) is 0.178. The maximum Gasteiger partial charge on any atom is 0.170 e. The fourth-order valence-corrected chi connectivity index (χ4v) is 2.55. The van der Waals surface area contributed by atoms with Gasteiger partial charge < -0.3 is 15.0 Å². The molecule has 20 heavy (non-hydrogen) atoms. The van der Waals surface area contributed by atoms with Crippen molar-refractivity contribution in [2.45, 2.75) is 51.9 Å². The summed E-state index contributed by atoms with van der Waals surface area (Å²) in [7, 11) is 1.89. The molecule has 1 N–H and O–H groups in total. The van der Waals surface area contributed by atoms with Crippen LogP contribution in [0.5, 0.6) is 0 Å². The van der Waals surface area contributed by atoms with Gasteiger partial charge in [-0.1, -0.05) is 13.8 Å². The van der Waals surface area contributed by atoms with Crippen LogP contribution in [0, 0.1) is 5.82 Å². The van der Waals surface area contributed by atoms with Gasteiger partial charge in [0.1, 0.15) is 0 Å². The topological polar surface area (TPSA) is 37.4 Å². The van der Waals surface area contributed by atoms with Gasteiger partial charge in [-0.3, -0.25) is 0 Å². The van der Waals surface area contributed by atoms with Crippen LogP contribution in [0.3, 0.4) is 0 Å². The third kappa shape index (κ3) is 3.27. The van der Waals surface area contributed by atoms with Gasteiger partial charge in [-0.25, -0.2) is 9.37 Å². The summed E-state index contributed by atoms with van der Waals surface area (Å²) in [4.78, 5) is 6.12. The summed E-state index contributed by atoms with van der Waals surface area (Å²) >= 11 is 0. The van der Waals surface area contributed by atoms with Crippen LogP contribution in [0.2, 0.25) is 0 Å². The zero-order valence-corrected chi connectivity index (χ0v) is 12.7. The van der Waals surface area contributed by atoms with Crippen LogP contribution < -0.4 is 10.2 Å². The Morgan fingerprint density at radius 2 is 2.30 bits per heavy atom. The van der Waals surface area contributed by atoms with E-state index in [2.05, 4.69) is 10.3 Å². The van der Waals surface area contributed by atoms with E-state index in [4.69, 9.17) is 4.74 Å².